The smallest absolute Gasteiger partial charge is 0.267 e. The van der Waals surface area contributed by atoms with Crippen LogP contribution >= 0.6 is 11.3 Å². The Morgan fingerprint density at radius 1 is 1.38 bits per heavy atom. The Hall–Kier alpha value is -2.61. The Morgan fingerprint density at radius 2 is 2.24 bits per heavy atom. The highest BCUT2D eigenvalue weighted by molar-refractivity contribution is 7.18. The number of fused-ring (bicyclic) bond motifs is 1. The molecule has 3 heterocycles. The van der Waals surface area contributed by atoms with Crippen LogP contribution in [0.15, 0.2) is 35.8 Å². The summed E-state index contributed by atoms with van der Waals surface area (Å²) in [6.07, 6.45) is 6.34. The van der Waals surface area contributed by atoms with E-state index in [1.807, 2.05) is 6.92 Å². The molecule has 3 aromatic rings. The summed E-state index contributed by atoms with van der Waals surface area (Å²) in [5.41, 5.74) is 2.27. The van der Waals surface area contributed by atoms with Gasteiger partial charge in [-0.1, -0.05) is 6.92 Å². The predicted octanol–water partition coefficient (Wildman–Crippen LogP) is 1.19. The summed E-state index contributed by atoms with van der Waals surface area (Å²) >= 11 is 1.48. The van der Waals surface area contributed by atoms with Crippen molar-refractivity contribution >= 4 is 27.5 Å². The molecule has 0 aliphatic carbocycles. The molecular weight excluding hydrogens is 290 g/mol. The van der Waals surface area contributed by atoms with Gasteiger partial charge in [0.1, 0.15) is 16.9 Å². The Bertz CT molecular complexity index is 856. The van der Waals surface area contributed by atoms with E-state index in [4.69, 9.17) is 0 Å². The molecule has 3 rings (SSSR count). The maximum Gasteiger partial charge on any atom is 0.290 e. The molecule has 0 aliphatic heterocycles. The quantitative estimate of drug-likeness (QED) is 0.785. The molecule has 0 atom stereocenters. The van der Waals surface area contributed by atoms with E-state index < -0.39 is 5.91 Å². The van der Waals surface area contributed by atoms with Crippen molar-refractivity contribution in [2.75, 3.05) is 5.43 Å². The number of thiophene rings is 1. The molecule has 8 heteroatoms. The molecule has 3 aromatic heterocycles. The zero-order valence-electron chi connectivity index (χ0n) is 11.1. The minimum atomic E-state index is -0.516. The second kappa shape index (κ2) is 5.41. The normalized spacial score (nSPS) is 10.7. The van der Waals surface area contributed by atoms with Gasteiger partial charge in [-0.25, -0.2) is 14.6 Å². The van der Waals surface area contributed by atoms with E-state index in [0.717, 1.165) is 16.0 Å². The van der Waals surface area contributed by atoms with Gasteiger partial charge >= 0.3 is 0 Å². The molecule has 0 aromatic carbocycles. The zero-order chi connectivity index (χ0) is 14.8. The van der Waals surface area contributed by atoms with Gasteiger partial charge in [-0.15, -0.1) is 11.3 Å². The molecule has 0 fully saturated rings. The summed E-state index contributed by atoms with van der Waals surface area (Å²) in [6, 6.07) is 1.81. The second-order valence-electron chi connectivity index (χ2n) is 4.24. The number of carbonyl (C=O) groups is 1. The van der Waals surface area contributed by atoms with Crippen molar-refractivity contribution < 1.29 is 4.79 Å². The first kappa shape index (κ1) is 13.4. The highest BCUT2D eigenvalue weighted by atomic mass is 32.1. The lowest BCUT2D eigenvalue weighted by molar-refractivity contribution is 0.100. The molecule has 0 aliphatic rings. The van der Waals surface area contributed by atoms with Gasteiger partial charge < -0.3 is 0 Å². The van der Waals surface area contributed by atoms with Gasteiger partial charge in [0.15, 0.2) is 0 Å². The van der Waals surface area contributed by atoms with Crippen LogP contribution in [0.3, 0.4) is 0 Å². The summed E-state index contributed by atoms with van der Waals surface area (Å²) in [7, 11) is 0. The van der Waals surface area contributed by atoms with Crippen molar-refractivity contribution in [3.05, 3.63) is 51.9 Å². The van der Waals surface area contributed by atoms with Gasteiger partial charge in [0.25, 0.3) is 11.5 Å². The minimum Gasteiger partial charge on any atom is -0.267 e. The number of nitrogens with one attached hydrogen (secondary N) is 1. The van der Waals surface area contributed by atoms with E-state index in [2.05, 4.69) is 20.4 Å². The minimum absolute atomic E-state index is 0.129. The average molecular weight is 301 g/mol. The zero-order valence-corrected chi connectivity index (χ0v) is 11.9. The third kappa shape index (κ3) is 2.52. The van der Waals surface area contributed by atoms with Gasteiger partial charge in [-0.05, 0) is 12.5 Å². The number of rotatable bonds is 3. The van der Waals surface area contributed by atoms with Crippen LogP contribution in [0.25, 0.3) is 10.2 Å². The highest BCUT2D eigenvalue weighted by Gasteiger charge is 2.12. The van der Waals surface area contributed by atoms with Gasteiger partial charge in [0.05, 0.1) is 11.6 Å². The standard InChI is InChI=1S/C13H11N5O2S/c1-2-8-5-9-12(21-8)16-7-18(13(9)20)17-11(19)10-6-14-3-4-15-10/h3-7H,2H2,1H3,(H,17,19). The molecule has 0 saturated carbocycles. The summed E-state index contributed by atoms with van der Waals surface area (Å²) in [4.78, 5) is 37.9. The fraction of sp³-hybridized carbons (Fsp3) is 0.154. The fourth-order valence-corrected chi connectivity index (χ4v) is 2.74. The van der Waals surface area contributed by atoms with Crippen molar-refractivity contribution in [1.82, 2.24) is 19.6 Å². The molecule has 0 bridgehead atoms. The lowest BCUT2D eigenvalue weighted by atomic mass is 10.3. The van der Waals surface area contributed by atoms with Crippen LogP contribution in [-0.2, 0) is 6.42 Å². The third-order valence-corrected chi connectivity index (χ3v) is 4.06. The predicted molar refractivity (Wildman–Crippen MR) is 79.0 cm³/mol. The first-order valence-corrected chi connectivity index (χ1v) is 7.08. The van der Waals surface area contributed by atoms with Crippen LogP contribution in [0.4, 0.5) is 0 Å². The van der Waals surface area contributed by atoms with Crippen LogP contribution in [0.5, 0.6) is 0 Å². The molecule has 1 N–H and O–H groups in total. The SMILES string of the molecule is CCc1cc2c(=O)n(NC(=O)c3cnccn3)cnc2s1. The highest BCUT2D eigenvalue weighted by Crippen LogP contribution is 2.20. The molecule has 7 nitrogen and oxygen atoms in total. The first-order chi connectivity index (χ1) is 10.2. The van der Waals surface area contributed by atoms with Crippen molar-refractivity contribution in [3.63, 3.8) is 0 Å². The number of aromatic nitrogens is 4. The number of hydrogen-bond donors (Lipinski definition) is 1. The average Bonchev–Trinajstić information content (AvgIpc) is 2.95. The number of amides is 1. The van der Waals surface area contributed by atoms with Crippen molar-refractivity contribution in [1.29, 1.82) is 0 Å². The molecule has 0 spiro atoms. The lowest BCUT2D eigenvalue weighted by Gasteiger charge is -2.06. The van der Waals surface area contributed by atoms with E-state index in [9.17, 15) is 9.59 Å². The molecule has 21 heavy (non-hydrogen) atoms. The van der Waals surface area contributed by atoms with Crippen molar-refractivity contribution in [2.24, 2.45) is 0 Å². The van der Waals surface area contributed by atoms with E-state index >= 15 is 0 Å². The lowest BCUT2D eigenvalue weighted by Crippen LogP contribution is -2.33. The summed E-state index contributed by atoms with van der Waals surface area (Å²) in [6.45, 7) is 2.01. The number of nitrogens with zero attached hydrogens (tertiary/aromatic N) is 4. The maximum absolute atomic E-state index is 12.3. The largest absolute Gasteiger partial charge is 0.290 e. The Labute approximate surface area is 123 Å². The van der Waals surface area contributed by atoms with Gasteiger partial charge in [0.2, 0.25) is 0 Å². The van der Waals surface area contributed by atoms with Crippen LogP contribution in [0.1, 0.15) is 22.3 Å². The number of carbonyl (C=O) groups excluding carboxylic acids is 1. The van der Waals surface area contributed by atoms with Crippen molar-refractivity contribution in [3.8, 4) is 0 Å². The van der Waals surface area contributed by atoms with Crippen LogP contribution in [-0.4, -0.2) is 25.5 Å². The molecule has 0 saturated heterocycles. The van der Waals surface area contributed by atoms with E-state index in [-0.39, 0.29) is 11.3 Å². The van der Waals surface area contributed by atoms with Gasteiger partial charge in [-0.2, -0.15) is 0 Å². The van der Waals surface area contributed by atoms with Crippen molar-refractivity contribution in [2.45, 2.75) is 13.3 Å². The molecule has 0 unspecified atom stereocenters. The third-order valence-electron chi connectivity index (χ3n) is 2.87. The summed E-state index contributed by atoms with van der Waals surface area (Å²) in [5.74, 6) is -0.516. The van der Waals surface area contributed by atoms with Crippen LogP contribution < -0.4 is 11.0 Å². The molecular formula is C13H11N5O2S. The monoisotopic (exact) mass is 301 g/mol. The van der Waals surface area contributed by atoms with Crippen LogP contribution in [0.2, 0.25) is 0 Å². The summed E-state index contributed by atoms with van der Waals surface area (Å²) < 4.78 is 1.06. The summed E-state index contributed by atoms with van der Waals surface area (Å²) in [5, 5.41) is 0.499. The molecule has 1 amide bonds. The van der Waals surface area contributed by atoms with E-state index in [1.54, 1.807) is 6.07 Å². The van der Waals surface area contributed by atoms with Crippen LogP contribution in [0, 0.1) is 0 Å². The fourth-order valence-electron chi connectivity index (χ4n) is 1.81. The van der Waals surface area contributed by atoms with E-state index in [1.165, 1.54) is 36.3 Å². The first-order valence-electron chi connectivity index (χ1n) is 6.26. The molecule has 106 valence electrons. The Morgan fingerprint density at radius 3 is 2.95 bits per heavy atom. The topological polar surface area (TPSA) is 89.8 Å². The second-order valence-corrected chi connectivity index (χ2v) is 5.35. The molecule has 0 radical (unpaired) electrons. The Kier molecular flexibility index (Phi) is 3.44. The number of hydrogen-bond acceptors (Lipinski definition) is 6. The van der Waals surface area contributed by atoms with E-state index in [0.29, 0.717) is 10.2 Å². The maximum atomic E-state index is 12.3. The van der Waals surface area contributed by atoms with Gasteiger partial charge in [-0.3, -0.25) is 20.0 Å². The van der Waals surface area contributed by atoms with Gasteiger partial charge in [0, 0.05) is 17.3 Å². The number of aryl methyl sites for hydroxylation is 1. The Balaban J connectivity index is 1.96.